The first-order valence-corrected chi connectivity index (χ1v) is 10.9. The maximum atomic E-state index is 13.5. The summed E-state index contributed by atoms with van der Waals surface area (Å²) in [5.74, 6) is 1.08. The molecule has 0 radical (unpaired) electrons. The lowest BCUT2D eigenvalue weighted by molar-refractivity contribution is 0.0505. The molecule has 3 heterocycles. The number of fused-ring (bicyclic) bond motifs is 1. The first kappa shape index (κ1) is 20.2. The minimum absolute atomic E-state index is 0.00463. The number of aromatic nitrogens is 4. The maximum Gasteiger partial charge on any atom is 0.256 e. The zero-order valence-electron chi connectivity index (χ0n) is 18.0. The highest BCUT2D eigenvalue weighted by molar-refractivity contribution is 5.98. The molecule has 0 spiro atoms. The zero-order valence-corrected chi connectivity index (χ0v) is 18.0. The van der Waals surface area contributed by atoms with E-state index in [0.717, 1.165) is 29.5 Å². The van der Waals surface area contributed by atoms with Gasteiger partial charge in [0, 0.05) is 36.2 Å². The fraction of sp³-hybridized carbons (Fsp3) is 0.280. The molecule has 32 heavy (non-hydrogen) atoms. The second-order valence-corrected chi connectivity index (χ2v) is 8.25. The van der Waals surface area contributed by atoms with Crippen LogP contribution in [0, 0.1) is 5.92 Å². The molecule has 0 saturated carbocycles. The Morgan fingerprint density at radius 3 is 2.75 bits per heavy atom. The monoisotopic (exact) mass is 427 g/mol. The molecular formula is C25H25N5O2. The SMILES string of the molecule is C[C@@H]1CC[C@H](COc2ccc3cccnc3c2)CN1C(=O)c1ccccc1-n1nccn1. The molecule has 0 unspecified atom stereocenters. The van der Waals surface area contributed by atoms with Crippen LogP contribution in [-0.2, 0) is 0 Å². The maximum absolute atomic E-state index is 13.5. The molecule has 7 heteroatoms. The second-order valence-electron chi connectivity index (χ2n) is 8.25. The largest absolute Gasteiger partial charge is 0.493 e. The normalized spacial score (nSPS) is 18.6. The van der Waals surface area contributed by atoms with Gasteiger partial charge in [-0.15, -0.1) is 0 Å². The average Bonchev–Trinajstić information content (AvgIpc) is 3.38. The van der Waals surface area contributed by atoms with Gasteiger partial charge < -0.3 is 9.64 Å². The van der Waals surface area contributed by atoms with Gasteiger partial charge in [0.05, 0.1) is 35.8 Å². The van der Waals surface area contributed by atoms with Crippen molar-refractivity contribution in [1.82, 2.24) is 24.9 Å². The van der Waals surface area contributed by atoms with Crippen molar-refractivity contribution in [3.8, 4) is 11.4 Å². The van der Waals surface area contributed by atoms with Crippen LogP contribution in [0.15, 0.2) is 73.2 Å². The highest BCUT2D eigenvalue weighted by atomic mass is 16.5. The third-order valence-electron chi connectivity index (χ3n) is 6.07. The summed E-state index contributed by atoms with van der Waals surface area (Å²) in [6.07, 6.45) is 6.98. The molecule has 0 N–H and O–H groups in total. The Morgan fingerprint density at radius 1 is 1.03 bits per heavy atom. The van der Waals surface area contributed by atoms with Crippen LogP contribution >= 0.6 is 0 Å². The van der Waals surface area contributed by atoms with Gasteiger partial charge in [-0.3, -0.25) is 9.78 Å². The van der Waals surface area contributed by atoms with Gasteiger partial charge in [0.1, 0.15) is 5.75 Å². The number of hydrogen-bond donors (Lipinski definition) is 0. The summed E-state index contributed by atoms with van der Waals surface area (Å²) in [5.41, 5.74) is 2.22. The molecule has 2 aromatic heterocycles. The molecule has 2 atom stereocenters. The summed E-state index contributed by atoms with van der Waals surface area (Å²) < 4.78 is 6.10. The van der Waals surface area contributed by atoms with Crippen LogP contribution in [0.1, 0.15) is 30.1 Å². The van der Waals surface area contributed by atoms with Gasteiger partial charge in [-0.05, 0) is 50.1 Å². The molecule has 7 nitrogen and oxygen atoms in total. The summed E-state index contributed by atoms with van der Waals surface area (Å²) in [7, 11) is 0. The molecule has 162 valence electrons. The van der Waals surface area contributed by atoms with Crippen LogP contribution in [0.3, 0.4) is 0 Å². The Hall–Kier alpha value is -3.74. The van der Waals surface area contributed by atoms with E-state index in [1.807, 2.05) is 59.5 Å². The molecule has 1 amide bonds. The lowest BCUT2D eigenvalue weighted by Gasteiger charge is -2.38. The van der Waals surface area contributed by atoms with E-state index in [1.54, 1.807) is 18.6 Å². The van der Waals surface area contributed by atoms with Crippen LogP contribution in [0.2, 0.25) is 0 Å². The van der Waals surface area contributed by atoms with Crippen LogP contribution in [0.5, 0.6) is 5.75 Å². The fourth-order valence-corrected chi connectivity index (χ4v) is 4.28. The Bertz CT molecular complexity index is 1220. The highest BCUT2D eigenvalue weighted by Crippen LogP contribution is 2.27. The number of amides is 1. The van der Waals surface area contributed by atoms with Gasteiger partial charge in [-0.25, -0.2) is 0 Å². The minimum atomic E-state index is 0.00463. The van der Waals surface area contributed by atoms with Crippen molar-refractivity contribution < 1.29 is 9.53 Å². The topological polar surface area (TPSA) is 73.1 Å². The van der Waals surface area contributed by atoms with E-state index in [4.69, 9.17) is 4.74 Å². The van der Waals surface area contributed by atoms with Crippen LogP contribution < -0.4 is 4.74 Å². The van der Waals surface area contributed by atoms with Crippen molar-refractivity contribution in [3.05, 3.63) is 78.8 Å². The number of para-hydroxylation sites is 1. The minimum Gasteiger partial charge on any atom is -0.493 e. The number of rotatable bonds is 5. The van der Waals surface area contributed by atoms with E-state index in [9.17, 15) is 4.79 Å². The standard InChI is InChI=1S/C25H25N5O2/c1-18-8-9-19(17-32-21-11-10-20-5-4-12-26-23(20)15-21)16-29(18)25(31)22-6-2-3-7-24(22)30-27-13-14-28-30/h2-7,10-15,18-19H,8-9,16-17H2,1H3/t18-,19+/m1/s1. The molecule has 1 saturated heterocycles. The Balaban J connectivity index is 1.30. The number of carbonyl (C=O) groups excluding carboxylic acids is 1. The smallest absolute Gasteiger partial charge is 0.256 e. The van der Waals surface area contributed by atoms with Gasteiger partial charge >= 0.3 is 0 Å². The summed E-state index contributed by atoms with van der Waals surface area (Å²) in [6, 6.07) is 17.6. The average molecular weight is 428 g/mol. The molecule has 0 bridgehead atoms. The molecule has 1 fully saturated rings. The van der Waals surface area contributed by atoms with Crippen molar-refractivity contribution in [2.45, 2.75) is 25.8 Å². The summed E-state index contributed by atoms with van der Waals surface area (Å²) in [5, 5.41) is 9.50. The summed E-state index contributed by atoms with van der Waals surface area (Å²) in [4.78, 5) is 21.4. The third kappa shape index (κ3) is 4.06. The molecule has 4 aromatic rings. The quantitative estimate of drug-likeness (QED) is 0.479. The van der Waals surface area contributed by atoms with Gasteiger partial charge in [0.25, 0.3) is 5.91 Å². The number of carbonyl (C=O) groups is 1. The Morgan fingerprint density at radius 2 is 1.88 bits per heavy atom. The molecule has 1 aliphatic heterocycles. The van der Waals surface area contributed by atoms with Crippen LogP contribution in [0.25, 0.3) is 16.6 Å². The summed E-state index contributed by atoms with van der Waals surface area (Å²) >= 11 is 0. The Kier molecular flexibility index (Phi) is 5.54. The van der Waals surface area contributed by atoms with Crippen LogP contribution in [-0.4, -0.2) is 50.0 Å². The number of hydrogen-bond acceptors (Lipinski definition) is 5. The fourth-order valence-electron chi connectivity index (χ4n) is 4.28. The van der Waals surface area contributed by atoms with E-state index < -0.39 is 0 Å². The van der Waals surface area contributed by atoms with Crippen molar-refractivity contribution in [1.29, 1.82) is 0 Å². The number of benzene rings is 2. The van der Waals surface area contributed by atoms with Crippen molar-refractivity contribution >= 4 is 16.8 Å². The number of ether oxygens (including phenoxy) is 1. The lowest BCUT2D eigenvalue weighted by atomic mass is 9.93. The van der Waals surface area contributed by atoms with E-state index >= 15 is 0 Å². The van der Waals surface area contributed by atoms with E-state index in [1.165, 1.54) is 4.80 Å². The number of likely N-dealkylation sites (tertiary alicyclic amines) is 1. The van der Waals surface area contributed by atoms with Gasteiger partial charge in [-0.1, -0.05) is 18.2 Å². The number of pyridine rings is 1. The van der Waals surface area contributed by atoms with Gasteiger partial charge in [0.15, 0.2) is 0 Å². The first-order chi connectivity index (χ1) is 15.7. The number of nitrogens with zero attached hydrogens (tertiary/aromatic N) is 5. The molecule has 0 aliphatic carbocycles. The molecule has 2 aromatic carbocycles. The van der Waals surface area contributed by atoms with E-state index in [-0.39, 0.29) is 17.9 Å². The highest BCUT2D eigenvalue weighted by Gasteiger charge is 2.31. The van der Waals surface area contributed by atoms with Crippen LogP contribution in [0.4, 0.5) is 0 Å². The second kappa shape index (κ2) is 8.78. The molecule has 5 rings (SSSR count). The zero-order chi connectivity index (χ0) is 21.9. The summed E-state index contributed by atoms with van der Waals surface area (Å²) in [6.45, 7) is 3.34. The number of piperidine rings is 1. The van der Waals surface area contributed by atoms with E-state index in [0.29, 0.717) is 24.4 Å². The van der Waals surface area contributed by atoms with Crippen molar-refractivity contribution in [2.75, 3.05) is 13.2 Å². The lowest BCUT2D eigenvalue weighted by Crippen LogP contribution is -2.47. The van der Waals surface area contributed by atoms with Crippen molar-refractivity contribution in [2.24, 2.45) is 5.92 Å². The Labute approximate surface area is 186 Å². The first-order valence-electron chi connectivity index (χ1n) is 10.9. The molecule has 1 aliphatic rings. The van der Waals surface area contributed by atoms with Crippen molar-refractivity contribution in [3.63, 3.8) is 0 Å². The predicted molar refractivity (Wildman–Crippen MR) is 122 cm³/mol. The third-order valence-corrected chi connectivity index (χ3v) is 6.07. The van der Waals surface area contributed by atoms with E-state index in [2.05, 4.69) is 22.1 Å². The molecular weight excluding hydrogens is 402 g/mol. The predicted octanol–water partition coefficient (Wildman–Crippen LogP) is 4.14. The van der Waals surface area contributed by atoms with Gasteiger partial charge in [0.2, 0.25) is 0 Å². The van der Waals surface area contributed by atoms with Gasteiger partial charge in [-0.2, -0.15) is 15.0 Å².